The van der Waals surface area contributed by atoms with Crippen molar-refractivity contribution < 1.29 is 4.39 Å². The van der Waals surface area contributed by atoms with Gasteiger partial charge in [-0.25, -0.2) is 14.4 Å². The fraction of sp³-hybridized carbons (Fsp3) is 0. The predicted molar refractivity (Wildman–Crippen MR) is 66.7 cm³/mol. The highest BCUT2D eigenvalue weighted by atomic mass is 35.5. The molecule has 88 valence electrons. The molecule has 1 aromatic carbocycles. The number of hydrogen-bond acceptors (Lipinski definition) is 3. The summed E-state index contributed by atoms with van der Waals surface area (Å²) in [5.74, 6) is -0.0892. The van der Waals surface area contributed by atoms with Gasteiger partial charge in [-0.15, -0.1) is 0 Å². The van der Waals surface area contributed by atoms with E-state index in [2.05, 4.69) is 15.3 Å². The van der Waals surface area contributed by atoms with Gasteiger partial charge < -0.3 is 5.32 Å². The van der Waals surface area contributed by atoms with Gasteiger partial charge in [-0.05, 0) is 29.8 Å². The minimum absolute atomic E-state index is 0.0150. The number of hydrogen-bond donors (Lipinski definition) is 1. The second kappa shape index (κ2) is 5.04. The van der Waals surface area contributed by atoms with Crippen LogP contribution in [-0.4, -0.2) is 9.97 Å². The molecule has 7 heteroatoms. The van der Waals surface area contributed by atoms with E-state index in [1.165, 1.54) is 24.3 Å². The highest BCUT2D eigenvalue weighted by Gasteiger charge is 2.04. The fourth-order valence-electron chi connectivity index (χ4n) is 1.18. The SMILES string of the molecule is Fc1ccc(Nc2cc(Cl)nc(Cl)n2)cc1Cl. The molecule has 0 aliphatic heterocycles. The van der Waals surface area contributed by atoms with Crippen molar-refractivity contribution in [3.05, 3.63) is 45.5 Å². The van der Waals surface area contributed by atoms with Gasteiger partial charge in [-0.2, -0.15) is 0 Å². The molecule has 17 heavy (non-hydrogen) atoms. The Morgan fingerprint density at radius 3 is 2.47 bits per heavy atom. The number of anilines is 2. The van der Waals surface area contributed by atoms with E-state index in [9.17, 15) is 4.39 Å². The van der Waals surface area contributed by atoms with Crippen LogP contribution in [0.5, 0.6) is 0 Å². The Bertz CT molecular complexity index is 542. The monoisotopic (exact) mass is 291 g/mol. The molecule has 0 saturated heterocycles. The van der Waals surface area contributed by atoms with Crippen molar-refractivity contribution >= 4 is 46.3 Å². The van der Waals surface area contributed by atoms with Crippen molar-refractivity contribution in [2.75, 3.05) is 5.32 Å². The van der Waals surface area contributed by atoms with Gasteiger partial charge in [0.05, 0.1) is 5.02 Å². The molecule has 3 nitrogen and oxygen atoms in total. The minimum atomic E-state index is -0.490. The maximum Gasteiger partial charge on any atom is 0.225 e. The second-order valence-electron chi connectivity index (χ2n) is 3.10. The highest BCUT2D eigenvalue weighted by Crippen LogP contribution is 2.23. The zero-order chi connectivity index (χ0) is 12.4. The number of aromatic nitrogens is 2. The van der Waals surface area contributed by atoms with E-state index in [0.29, 0.717) is 11.5 Å². The largest absolute Gasteiger partial charge is 0.340 e. The zero-order valence-corrected chi connectivity index (χ0v) is 10.5. The van der Waals surface area contributed by atoms with E-state index < -0.39 is 5.82 Å². The molecule has 2 rings (SSSR count). The van der Waals surface area contributed by atoms with Crippen LogP contribution in [0, 0.1) is 5.82 Å². The van der Waals surface area contributed by atoms with Crippen LogP contribution in [0.1, 0.15) is 0 Å². The number of benzene rings is 1. The van der Waals surface area contributed by atoms with E-state index in [1.807, 2.05) is 0 Å². The lowest BCUT2D eigenvalue weighted by molar-refractivity contribution is 0.628. The van der Waals surface area contributed by atoms with Gasteiger partial charge >= 0.3 is 0 Å². The lowest BCUT2D eigenvalue weighted by Gasteiger charge is -2.06. The normalized spacial score (nSPS) is 10.4. The first-order valence-corrected chi connectivity index (χ1v) is 5.60. The molecule has 2 aromatic rings. The standard InChI is InChI=1S/C10H5Cl3FN3/c11-6-3-5(1-2-7(6)14)15-9-4-8(12)16-10(13)17-9/h1-4H,(H,15,16,17). The fourth-order valence-corrected chi connectivity index (χ4v) is 1.77. The Morgan fingerprint density at radius 1 is 1.06 bits per heavy atom. The Balaban J connectivity index is 2.28. The lowest BCUT2D eigenvalue weighted by atomic mass is 10.3. The molecular weight excluding hydrogens is 287 g/mol. The summed E-state index contributed by atoms with van der Waals surface area (Å²) in [6, 6.07) is 5.69. The Labute approximate surface area is 112 Å². The molecule has 1 N–H and O–H groups in total. The smallest absolute Gasteiger partial charge is 0.225 e. The third-order valence-corrected chi connectivity index (χ3v) is 2.51. The van der Waals surface area contributed by atoms with Crippen molar-refractivity contribution in [2.24, 2.45) is 0 Å². The summed E-state index contributed by atoms with van der Waals surface area (Å²) in [5.41, 5.74) is 0.572. The third kappa shape index (κ3) is 3.19. The van der Waals surface area contributed by atoms with Crippen molar-refractivity contribution in [3.8, 4) is 0 Å². The van der Waals surface area contributed by atoms with Gasteiger partial charge in [-0.3, -0.25) is 0 Å². The molecule has 0 saturated carbocycles. The Kier molecular flexibility index (Phi) is 3.66. The topological polar surface area (TPSA) is 37.8 Å². The molecule has 0 unspecified atom stereocenters. The molecule has 0 atom stereocenters. The van der Waals surface area contributed by atoms with Crippen LogP contribution in [0.3, 0.4) is 0 Å². The number of nitrogens with one attached hydrogen (secondary N) is 1. The van der Waals surface area contributed by atoms with Crippen LogP contribution < -0.4 is 5.32 Å². The second-order valence-corrected chi connectivity index (χ2v) is 4.23. The molecule has 0 bridgehead atoms. The molecule has 0 aliphatic rings. The van der Waals surface area contributed by atoms with Crippen LogP contribution in [0.2, 0.25) is 15.5 Å². The zero-order valence-electron chi connectivity index (χ0n) is 8.22. The summed E-state index contributed by atoms with van der Waals surface area (Å²) in [6.45, 7) is 0. The molecule has 1 heterocycles. The maximum atomic E-state index is 12.9. The van der Waals surface area contributed by atoms with Gasteiger partial charge in [-0.1, -0.05) is 23.2 Å². The summed E-state index contributed by atoms with van der Waals surface area (Å²) < 4.78 is 12.9. The van der Waals surface area contributed by atoms with Gasteiger partial charge in [0.15, 0.2) is 0 Å². The summed E-state index contributed by atoms with van der Waals surface area (Å²) in [7, 11) is 0. The summed E-state index contributed by atoms with van der Waals surface area (Å²) >= 11 is 17.0. The van der Waals surface area contributed by atoms with E-state index in [-0.39, 0.29) is 15.5 Å². The molecule has 1 aromatic heterocycles. The van der Waals surface area contributed by atoms with Gasteiger partial charge in [0.25, 0.3) is 0 Å². The molecular formula is C10H5Cl3FN3. The molecule has 0 fully saturated rings. The van der Waals surface area contributed by atoms with Crippen LogP contribution in [-0.2, 0) is 0 Å². The van der Waals surface area contributed by atoms with E-state index >= 15 is 0 Å². The van der Waals surface area contributed by atoms with Crippen molar-refractivity contribution in [2.45, 2.75) is 0 Å². The third-order valence-electron chi connectivity index (χ3n) is 1.86. The summed E-state index contributed by atoms with van der Waals surface area (Å²) in [4.78, 5) is 7.60. The van der Waals surface area contributed by atoms with Crippen LogP contribution >= 0.6 is 34.8 Å². The van der Waals surface area contributed by atoms with Gasteiger partial charge in [0, 0.05) is 11.8 Å². The van der Waals surface area contributed by atoms with Crippen LogP contribution in [0.25, 0.3) is 0 Å². The maximum absolute atomic E-state index is 12.9. The molecule has 0 amide bonds. The number of nitrogens with zero attached hydrogens (tertiary/aromatic N) is 2. The molecule has 0 spiro atoms. The summed E-state index contributed by atoms with van der Waals surface area (Å²) in [6.07, 6.45) is 0. The first kappa shape index (κ1) is 12.4. The number of halogens is 4. The quantitative estimate of drug-likeness (QED) is 0.661. The van der Waals surface area contributed by atoms with Crippen LogP contribution in [0.15, 0.2) is 24.3 Å². The minimum Gasteiger partial charge on any atom is -0.340 e. The van der Waals surface area contributed by atoms with Crippen LogP contribution in [0.4, 0.5) is 15.9 Å². The lowest BCUT2D eigenvalue weighted by Crippen LogP contribution is -1.95. The average molecular weight is 293 g/mol. The highest BCUT2D eigenvalue weighted by molar-refractivity contribution is 6.32. The predicted octanol–water partition coefficient (Wildman–Crippen LogP) is 4.32. The van der Waals surface area contributed by atoms with Gasteiger partial charge in [0.1, 0.15) is 16.8 Å². The van der Waals surface area contributed by atoms with E-state index in [0.717, 1.165) is 0 Å². The van der Waals surface area contributed by atoms with Crippen molar-refractivity contribution in [3.63, 3.8) is 0 Å². The van der Waals surface area contributed by atoms with Gasteiger partial charge in [0.2, 0.25) is 5.28 Å². The first-order chi connectivity index (χ1) is 8.04. The molecule has 0 aliphatic carbocycles. The Morgan fingerprint density at radius 2 is 1.82 bits per heavy atom. The molecule has 0 radical (unpaired) electrons. The van der Waals surface area contributed by atoms with E-state index in [1.54, 1.807) is 0 Å². The van der Waals surface area contributed by atoms with E-state index in [4.69, 9.17) is 34.8 Å². The average Bonchev–Trinajstić information content (AvgIpc) is 2.22. The van der Waals surface area contributed by atoms with Crippen molar-refractivity contribution in [1.82, 2.24) is 9.97 Å². The van der Waals surface area contributed by atoms with Crippen molar-refractivity contribution in [1.29, 1.82) is 0 Å². The number of rotatable bonds is 2. The summed E-state index contributed by atoms with van der Waals surface area (Å²) in [5, 5.41) is 3.13. The Hall–Kier alpha value is -1.10. The first-order valence-electron chi connectivity index (χ1n) is 4.47.